The largest absolute Gasteiger partial charge is 0.571 e. The van der Waals surface area contributed by atoms with Crippen LogP contribution in [-0.4, -0.2) is 34.1 Å². The van der Waals surface area contributed by atoms with E-state index < -0.39 is 21.5 Å². The van der Waals surface area contributed by atoms with Crippen molar-refractivity contribution in [2.75, 3.05) is 0 Å². The lowest BCUT2D eigenvalue weighted by Crippen LogP contribution is -2.23. The summed E-state index contributed by atoms with van der Waals surface area (Å²) in [6, 6.07) is -0.571. The van der Waals surface area contributed by atoms with Gasteiger partial charge in [-0.15, -0.1) is 0 Å². The molecule has 1 heterocycles. The van der Waals surface area contributed by atoms with Gasteiger partial charge in [-0.25, -0.2) is 0 Å². The molecule has 0 aliphatic carbocycles. The lowest BCUT2D eigenvalue weighted by Gasteiger charge is -2.26. The van der Waals surface area contributed by atoms with Crippen LogP contribution in [0.5, 0.6) is 0 Å². The molecule has 0 radical (unpaired) electrons. The quantitative estimate of drug-likeness (QED) is 0.569. The summed E-state index contributed by atoms with van der Waals surface area (Å²) in [5, 5.41) is 25.3. The highest BCUT2D eigenvalue weighted by Crippen LogP contribution is 2.20. The predicted octanol–water partition coefficient (Wildman–Crippen LogP) is 1.62. The lowest BCUT2D eigenvalue weighted by molar-refractivity contribution is -0.617. The number of nitro groups is 2. The Morgan fingerprint density at radius 3 is 1.67 bits per heavy atom. The van der Waals surface area contributed by atoms with Gasteiger partial charge in [0.15, 0.2) is 17.9 Å². The summed E-state index contributed by atoms with van der Waals surface area (Å²) >= 11 is 0. The molecular formula is C10H14N5O6-. The summed E-state index contributed by atoms with van der Waals surface area (Å²) in [6.45, 7) is 6.71. The van der Waals surface area contributed by atoms with Crippen molar-refractivity contribution >= 4 is 12.0 Å². The van der Waals surface area contributed by atoms with Gasteiger partial charge < -0.3 is 19.5 Å². The monoisotopic (exact) mass is 300 g/mol. The van der Waals surface area contributed by atoms with Crippen molar-refractivity contribution in [3.05, 3.63) is 37.2 Å². The molecule has 0 amide bonds. The molecule has 1 rings (SSSR count). The molecule has 11 nitrogen and oxygen atoms in total. The van der Waals surface area contributed by atoms with Gasteiger partial charge in [-0.1, -0.05) is 0 Å². The summed E-state index contributed by atoms with van der Waals surface area (Å²) in [6.07, 6.45) is -0.663. The second-order valence-corrected chi connectivity index (χ2v) is 4.40. The Morgan fingerprint density at radius 1 is 1.00 bits per heavy atom. The Morgan fingerprint density at radius 2 is 1.38 bits per heavy atom. The fourth-order valence-corrected chi connectivity index (χ4v) is 1.20. The van der Waals surface area contributed by atoms with E-state index in [1.807, 2.05) is 0 Å². The minimum absolute atomic E-state index is 0.285. The molecule has 0 fully saturated rings. The molecule has 0 N–H and O–H groups in total. The molecule has 0 aromatic heterocycles. The van der Waals surface area contributed by atoms with Crippen molar-refractivity contribution in [1.29, 1.82) is 0 Å². The first-order valence-electron chi connectivity index (χ1n) is 5.96. The SMILES string of the molecule is CC(C)OC1=NC(=C([N+](=O)[O-])[N+](=O)[O-])N=C(OC(C)C)[N-]1. The number of ether oxygens (including phenoxy) is 2. The van der Waals surface area contributed by atoms with E-state index in [4.69, 9.17) is 9.47 Å². The van der Waals surface area contributed by atoms with Crippen molar-refractivity contribution < 1.29 is 19.3 Å². The van der Waals surface area contributed by atoms with E-state index in [1.54, 1.807) is 27.7 Å². The Hall–Kier alpha value is -2.72. The maximum Gasteiger partial charge on any atom is 0.571 e. The maximum absolute atomic E-state index is 10.8. The third-order valence-corrected chi connectivity index (χ3v) is 1.82. The molecule has 0 aromatic rings. The summed E-state index contributed by atoms with van der Waals surface area (Å²) < 4.78 is 10.4. The van der Waals surface area contributed by atoms with Crippen LogP contribution in [-0.2, 0) is 9.47 Å². The van der Waals surface area contributed by atoms with E-state index >= 15 is 0 Å². The van der Waals surface area contributed by atoms with Crippen molar-refractivity contribution in [1.82, 2.24) is 0 Å². The smallest absolute Gasteiger partial charge is 0.484 e. The predicted molar refractivity (Wildman–Crippen MR) is 71.7 cm³/mol. The zero-order valence-corrected chi connectivity index (χ0v) is 11.8. The van der Waals surface area contributed by atoms with Crippen molar-refractivity contribution in [3.8, 4) is 0 Å². The number of amidine groups is 2. The van der Waals surface area contributed by atoms with Crippen LogP contribution < -0.4 is 0 Å². The Kier molecular flexibility index (Phi) is 5.16. The number of hydrogen-bond donors (Lipinski definition) is 0. The second-order valence-electron chi connectivity index (χ2n) is 4.40. The van der Waals surface area contributed by atoms with Gasteiger partial charge in [0.05, 0.1) is 12.2 Å². The molecule has 0 bridgehead atoms. The van der Waals surface area contributed by atoms with Crippen molar-refractivity contribution in [3.63, 3.8) is 0 Å². The van der Waals surface area contributed by atoms with Crippen molar-refractivity contribution in [2.45, 2.75) is 39.9 Å². The van der Waals surface area contributed by atoms with Crippen LogP contribution in [0.25, 0.3) is 5.32 Å². The van der Waals surface area contributed by atoms with Crippen LogP contribution in [0.4, 0.5) is 0 Å². The summed E-state index contributed by atoms with van der Waals surface area (Å²) in [4.78, 5) is 26.3. The molecule has 1 aliphatic heterocycles. The Balaban J connectivity index is 3.28. The third kappa shape index (κ3) is 4.71. The Labute approximate surface area is 119 Å². The first kappa shape index (κ1) is 16.3. The molecule has 0 saturated carbocycles. The summed E-state index contributed by atoms with van der Waals surface area (Å²) in [5.41, 5.74) is 0. The van der Waals surface area contributed by atoms with Crippen LogP contribution in [0.15, 0.2) is 21.6 Å². The highest BCUT2D eigenvalue weighted by Gasteiger charge is 2.30. The molecular weight excluding hydrogens is 286 g/mol. The molecule has 0 saturated heterocycles. The fourth-order valence-electron chi connectivity index (χ4n) is 1.20. The highest BCUT2D eigenvalue weighted by molar-refractivity contribution is 6.12. The first-order chi connectivity index (χ1) is 9.70. The third-order valence-electron chi connectivity index (χ3n) is 1.82. The molecule has 0 aromatic carbocycles. The Bertz CT molecular complexity index is 492. The molecule has 21 heavy (non-hydrogen) atoms. The second kappa shape index (κ2) is 6.63. The molecule has 0 unspecified atom stereocenters. The van der Waals surface area contributed by atoms with E-state index in [0.29, 0.717) is 0 Å². The van der Waals surface area contributed by atoms with Crippen LogP contribution in [0.2, 0.25) is 0 Å². The van der Waals surface area contributed by atoms with Crippen LogP contribution in [0, 0.1) is 20.2 Å². The van der Waals surface area contributed by atoms with Crippen molar-refractivity contribution in [2.24, 2.45) is 9.98 Å². The topological polar surface area (TPSA) is 144 Å². The number of rotatable bonds is 4. The standard InChI is InChI=1S/C10H14N5O6/c1-5(2)20-9-11-7(8(14(16)17)15(18)19)12-10(13-9)21-6(3)4/h5-6H,1-4H3/q-1. The van der Waals surface area contributed by atoms with Crippen LogP contribution in [0.3, 0.4) is 0 Å². The van der Waals surface area contributed by atoms with E-state index in [1.165, 1.54) is 0 Å². The van der Waals surface area contributed by atoms with Gasteiger partial charge in [0.1, 0.15) is 9.85 Å². The molecule has 116 valence electrons. The van der Waals surface area contributed by atoms with Gasteiger partial charge in [-0.2, -0.15) is 0 Å². The zero-order valence-electron chi connectivity index (χ0n) is 11.8. The first-order valence-corrected chi connectivity index (χ1v) is 5.96. The number of nitrogens with zero attached hydrogens (tertiary/aromatic N) is 5. The molecule has 1 aliphatic rings. The minimum atomic E-state index is -1.38. The summed E-state index contributed by atoms with van der Waals surface area (Å²) in [7, 11) is 0. The normalized spacial score (nSPS) is 14.3. The van der Waals surface area contributed by atoms with Gasteiger partial charge in [0.2, 0.25) is 0 Å². The van der Waals surface area contributed by atoms with Gasteiger partial charge in [0.25, 0.3) is 0 Å². The fraction of sp³-hybridized carbons (Fsp3) is 0.600. The van der Waals surface area contributed by atoms with Gasteiger partial charge in [0, 0.05) is 0 Å². The van der Waals surface area contributed by atoms with Gasteiger partial charge >= 0.3 is 5.82 Å². The summed E-state index contributed by atoms with van der Waals surface area (Å²) in [5.74, 6) is -2.11. The lowest BCUT2D eigenvalue weighted by atomic mass is 10.5. The number of hydrogen-bond acceptors (Lipinski definition) is 8. The molecule has 11 heteroatoms. The molecule has 0 atom stereocenters. The van der Waals surface area contributed by atoms with Crippen LogP contribution >= 0.6 is 0 Å². The van der Waals surface area contributed by atoms with E-state index in [-0.39, 0.29) is 24.3 Å². The van der Waals surface area contributed by atoms with E-state index in [9.17, 15) is 20.2 Å². The maximum atomic E-state index is 10.8. The van der Waals surface area contributed by atoms with Crippen LogP contribution in [0.1, 0.15) is 27.7 Å². The number of aliphatic imine (C=N–C) groups is 2. The molecule has 0 spiro atoms. The highest BCUT2D eigenvalue weighted by atomic mass is 16.7. The van der Waals surface area contributed by atoms with Gasteiger partial charge in [-0.3, -0.25) is 25.5 Å². The van der Waals surface area contributed by atoms with Gasteiger partial charge in [-0.05, 0) is 27.7 Å². The average Bonchev–Trinajstić information content (AvgIpc) is 2.24. The minimum Gasteiger partial charge on any atom is -0.484 e. The zero-order chi connectivity index (χ0) is 16.2. The van der Waals surface area contributed by atoms with E-state index in [2.05, 4.69) is 15.3 Å². The van der Waals surface area contributed by atoms with E-state index in [0.717, 1.165) is 0 Å². The average molecular weight is 300 g/mol.